The molecule has 1 saturated carbocycles. The topological polar surface area (TPSA) is 42.7 Å². The molecule has 1 aliphatic rings. The van der Waals surface area contributed by atoms with Crippen LogP contribution in [0.3, 0.4) is 0 Å². The van der Waals surface area contributed by atoms with Crippen molar-refractivity contribution < 1.29 is 0 Å². The fourth-order valence-electron chi connectivity index (χ4n) is 3.28. The fourth-order valence-corrected chi connectivity index (χ4v) is 3.28. The molecule has 0 spiro atoms. The first-order chi connectivity index (χ1) is 10.3. The SMILES string of the molecule is CNC(Cc1ccn(C2CCCC2)n1)c1cnccc1C. The van der Waals surface area contributed by atoms with Crippen LogP contribution in [0.1, 0.15) is 54.6 Å². The molecule has 112 valence electrons. The highest BCUT2D eigenvalue weighted by molar-refractivity contribution is 5.26. The quantitative estimate of drug-likeness (QED) is 0.917. The molecule has 0 radical (unpaired) electrons. The van der Waals surface area contributed by atoms with E-state index in [0.29, 0.717) is 6.04 Å². The third-order valence-electron chi connectivity index (χ3n) is 4.58. The molecule has 4 heteroatoms. The molecule has 4 nitrogen and oxygen atoms in total. The van der Waals surface area contributed by atoms with E-state index in [0.717, 1.165) is 12.1 Å². The Hall–Kier alpha value is -1.68. The van der Waals surface area contributed by atoms with Gasteiger partial charge in [0.15, 0.2) is 0 Å². The fraction of sp³-hybridized carbons (Fsp3) is 0.529. The van der Waals surface area contributed by atoms with E-state index in [2.05, 4.69) is 40.2 Å². The van der Waals surface area contributed by atoms with E-state index in [1.165, 1.54) is 36.8 Å². The van der Waals surface area contributed by atoms with Gasteiger partial charge in [0.2, 0.25) is 0 Å². The standard InChI is InChI=1S/C17H24N4/c1-13-7-9-19-12-16(13)17(18-2)11-14-8-10-21(20-14)15-5-3-4-6-15/h7-10,12,15,17-18H,3-6,11H2,1-2H3. The second-order valence-electron chi connectivity index (χ2n) is 6.00. The molecular weight excluding hydrogens is 260 g/mol. The Labute approximate surface area is 126 Å². The predicted octanol–water partition coefficient (Wildman–Crippen LogP) is 3.20. The summed E-state index contributed by atoms with van der Waals surface area (Å²) in [4.78, 5) is 4.26. The number of pyridine rings is 1. The highest BCUT2D eigenvalue weighted by Crippen LogP contribution is 2.29. The van der Waals surface area contributed by atoms with Crippen LogP contribution in [0.5, 0.6) is 0 Å². The van der Waals surface area contributed by atoms with Crippen LogP contribution in [0.4, 0.5) is 0 Å². The van der Waals surface area contributed by atoms with Gasteiger partial charge in [-0.05, 0) is 50.1 Å². The van der Waals surface area contributed by atoms with Gasteiger partial charge in [-0.25, -0.2) is 0 Å². The van der Waals surface area contributed by atoms with Crippen LogP contribution in [-0.4, -0.2) is 21.8 Å². The Morgan fingerprint density at radius 2 is 2.14 bits per heavy atom. The third-order valence-corrected chi connectivity index (χ3v) is 4.58. The smallest absolute Gasteiger partial charge is 0.0643 e. The molecular formula is C17H24N4. The summed E-state index contributed by atoms with van der Waals surface area (Å²) in [5.74, 6) is 0. The normalized spacial score (nSPS) is 17.2. The third kappa shape index (κ3) is 3.16. The number of hydrogen-bond donors (Lipinski definition) is 1. The molecule has 1 unspecified atom stereocenters. The van der Waals surface area contributed by atoms with Gasteiger partial charge in [-0.3, -0.25) is 9.67 Å². The first-order valence-corrected chi connectivity index (χ1v) is 7.89. The van der Waals surface area contributed by atoms with E-state index in [1.807, 2.05) is 19.4 Å². The van der Waals surface area contributed by atoms with Crippen molar-refractivity contribution in [2.75, 3.05) is 7.05 Å². The molecule has 1 fully saturated rings. The molecule has 3 rings (SSSR count). The minimum absolute atomic E-state index is 0.269. The van der Waals surface area contributed by atoms with E-state index in [1.54, 1.807) is 0 Å². The van der Waals surface area contributed by atoms with Crippen LogP contribution in [-0.2, 0) is 6.42 Å². The number of hydrogen-bond acceptors (Lipinski definition) is 3. The second kappa shape index (κ2) is 6.39. The zero-order valence-corrected chi connectivity index (χ0v) is 12.9. The summed E-state index contributed by atoms with van der Waals surface area (Å²) in [7, 11) is 2.01. The molecule has 21 heavy (non-hydrogen) atoms. The summed E-state index contributed by atoms with van der Waals surface area (Å²) in [5, 5.41) is 8.19. The predicted molar refractivity (Wildman–Crippen MR) is 84.2 cm³/mol. The monoisotopic (exact) mass is 284 g/mol. The number of aromatic nitrogens is 3. The van der Waals surface area contributed by atoms with Crippen molar-refractivity contribution in [3.63, 3.8) is 0 Å². The maximum Gasteiger partial charge on any atom is 0.0643 e. The molecule has 0 bridgehead atoms. The Morgan fingerprint density at radius 3 is 2.86 bits per heavy atom. The molecule has 0 saturated heterocycles. The van der Waals surface area contributed by atoms with Crippen LogP contribution in [0, 0.1) is 6.92 Å². The van der Waals surface area contributed by atoms with Crippen molar-refractivity contribution in [1.82, 2.24) is 20.1 Å². The second-order valence-corrected chi connectivity index (χ2v) is 6.00. The van der Waals surface area contributed by atoms with Crippen LogP contribution in [0.25, 0.3) is 0 Å². The van der Waals surface area contributed by atoms with E-state index < -0.39 is 0 Å². The van der Waals surface area contributed by atoms with E-state index >= 15 is 0 Å². The maximum absolute atomic E-state index is 4.79. The molecule has 2 heterocycles. The largest absolute Gasteiger partial charge is 0.313 e. The summed E-state index contributed by atoms with van der Waals surface area (Å²) in [6.07, 6.45) is 12.1. The maximum atomic E-state index is 4.79. The molecule has 0 amide bonds. The summed E-state index contributed by atoms with van der Waals surface area (Å²) in [6, 6.07) is 5.11. The van der Waals surface area contributed by atoms with Gasteiger partial charge in [-0.2, -0.15) is 5.10 Å². The van der Waals surface area contributed by atoms with Crippen molar-refractivity contribution >= 4 is 0 Å². The van der Waals surface area contributed by atoms with Gasteiger partial charge >= 0.3 is 0 Å². The van der Waals surface area contributed by atoms with Crippen LogP contribution >= 0.6 is 0 Å². The summed E-state index contributed by atoms with van der Waals surface area (Å²) in [6.45, 7) is 2.14. The number of rotatable bonds is 5. The molecule has 0 aliphatic heterocycles. The zero-order chi connectivity index (χ0) is 14.7. The summed E-state index contributed by atoms with van der Waals surface area (Å²) < 4.78 is 2.17. The van der Waals surface area contributed by atoms with Crippen LogP contribution in [0.2, 0.25) is 0 Å². The summed E-state index contributed by atoms with van der Waals surface area (Å²) in [5.41, 5.74) is 3.69. The van der Waals surface area contributed by atoms with E-state index in [4.69, 9.17) is 5.10 Å². The lowest BCUT2D eigenvalue weighted by Gasteiger charge is -2.17. The lowest BCUT2D eigenvalue weighted by Crippen LogP contribution is -2.20. The van der Waals surface area contributed by atoms with Crippen molar-refractivity contribution in [1.29, 1.82) is 0 Å². The van der Waals surface area contributed by atoms with Crippen molar-refractivity contribution in [3.05, 3.63) is 47.5 Å². The Balaban J connectivity index is 1.74. The van der Waals surface area contributed by atoms with Gasteiger partial charge in [0, 0.05) is 31.1 Å². The zero-order valence-electron chi connectivity index (χ0n) is 12.9. The van der Waals surface area contributed by atoms with Gasteiger partial charge in [-0.15, -0.1) is 0 Å². The van der Waals surface area contributed by atoms with Crippen molar-refractivity contribution in [2.45, 2.75) is 51.1 Å². The number of aryl methyl sites for hydroxylation is 1. The highest BCUT2D eigenvalue weighted by Gasteiger charge is 2.19. The van der Waals surface area contributed by atoms with Gasteiger partial charge in [-0.1, -0.05) is 12.8 Å². The molecule has 2 aromatic heterocycles. The Kier molecular flexibility index (Phi) is 4.34. The molecule has 1 N–H and O–H groups in total. The van der Waals surface area contributed by atoms with Gasteiger partial charge in [0.05, 0.1) is 11.7 Å². The molecule has 1 atom stereocenters. The molecule has 2 aromatic rings. The first-order valence-electron chi connectivity index (χ1n) is 7.89. The first kappa shape index (κ1) is 14.3. The van der Waals surface area contributed by atoms with Gasteiger partial charge in [0.1, 0.15) is 0 Å². The number of nitrogens with zero attached hydrogens (tertiary/aromatic N) is 3. The number of nitrogens with one attached hydrogen (secondary N) is 1. The average Bonchev–Trinajstić information content (AvgIpc) is 3.16. The van der Waals surface area contributed by atoms with Crippen LogP contribution in [0.15, 0.2) is 30.7 Å². The minimum Gasteiger partial charge on any atom is -0.313 e. The summed E-state index contributed by atoms with van der Waals surface area (Å²) >= 11 is 0. The Bertz CT molecular complexity index is 584. The van der Waals surface area contributed by atoms with Crippen LogP contribution < -0.4 is 5.32 Å². The molecule has 0 aromatic carbocycles. The van der Waals surface area contributed by atoms with Gasteiger partial charge in [0.25, 0.3) is 0 Å². The lowest BCUT2D eigenvalue weighted by atomic mass is 10.00. The van der Waals surface area contributed by atoms with Gasteiger partial charge < -0.3 is 5.32 Å². The number of likely N-dealkylation sites (N-methyl/N-ethyl adjacent to an activating group) is 1. The van der Waals surface area contributed by atoms with Crippen molar-refractivity contribution in [3.8, 4) is 0 Å². The van der Waals surface area contributed by atoms with E-state index in [9.17, 15) is 0 Å². The average molecular weight is 284 g/mol. The van der Waals surface area contributed by atoms with Crippen molar-refractivity contribution in [2.24, 2.45) is 0 Å². The molecule has 1 aliphatic carbocycles. The minimum atomic E-state index is 0.269. The lowest BCUT2D eigenvalue weighted by molar-refractivity contribution is 0.459. The Morgan fingerprint density at radius 1 is 1.33 bits per heavy atom. The highest BCUT2D eigenvalue weighted by atomic mass is 15.3. The van der Waals surface area contributed by atoms with E-state index in [-0.39, 0.29) is 6.04 Å².